The number of aromatic nitrogens is 1. The van der Waals surface area contributed by atoms with Crippen molar-refractivity contribution in [3.8, 4) is 5.75 Å². The maximum atomic E-state index is 13.1. The first-order valence-electron chi connectivity index (χ1n) is 7.44. The summed E-state index contributed by atoms with van der Waals surface area (Å²) in [5.74, 6) is 0.0845. The largest absolute Gasteiger partial charge is 0.488 e. The van der Waals surface area contributed by atoms with Crippen LogP contribution in [0.4, 0.5) is 4.39 Å². The number of hydrogen-bond donors (Lipinski definition) is 0. The van der Waals surface area contributed by atoms with E-state index in [2.05, 4.69) is 4.98 Å². The third-order valence-corrected chi connectivity index (χ3v) is 4.09. The predicted octanol–water partition coefficient (Wildman–Crippen LogP) is 3.56. The van der Waals surface area contributed by atoms with Gasteiger partial charge in [-0.15, -0.1) is 0 Å². The molecule has 0 bridgehead atoms. The first-order valence-corrected chi connectivity index (χ1v) is 7.82. The second kappa shape index (κ2) is 6.96. The summed E-state index contributed by atoms with van der Waals surface area (Å²) >= 11 is 5.98. The van der Waals surface area contributed by atoms with Crippen molar-refractivity contribution in [3.63, 3.8) is 0 Å². The third kappa shape index (κ3) is 3.79. The van der Waals surface area contributed by atoms with Gasteiger partial charge < -0.3 is 9.64 Å². The Morgan fingerprint density at radius 1 is 1.30 bits per heavy atom. The van der Waals surface area contributed by atoms with E-state index in [1.165, 1.54) is 12.1 Å². The van der Waals surface area contributed by atoms with E-state index in [-0.39, 0.29) is 17.0 Å². The number of carbonyl (C=O) groups is 1. The first-order chi connectivity index (χ1) is 11.1. The van der Waals surface area contributed by atoms with Gasteiger partial charge in [0.15, 0.2) is 0 Å². The molecular weight excluding hydrogens is 319 g/mol. The van der Waals surface area contributed by atoms with Crippen molar-refractivity contribution in [2.75, 3.05) is 13.1 Å². The average molecular weight is 335 g/mol. The number of benzene rings is 1. The highest BCUT2D eigenvalue weighted by Gasteiger charge is 2.26. The molecule has 3 rings (SSSR count). The van der Waals surface area contributed by atoms with Crippen LogP contribution in [0, 0.1) is 5.82 Å². The van der Waals surface area contributed by atoms with E-state index in [0.717, 1.165) is 24.7 Å². The molecule has 0 saturated carbocycles. The maximum Gasteiger partial charge on any atom is 0.255 e. The highest BCUT2D eigenvalue weighted by Crippen LogP contribution is 2.23. The van der Waals surface area contributed by atoms with Gasteiger partial charge in [0.2, 0.25) is 0 Å². The van der Waals surface area contributed by atoms with E-state index in [4.69, 9.17) is 16.3 Å². The van der Waals surface area contributed by atoms with Crippen LogP contribution in [-0.2, 0) is 0 Å². The Morgan fingerprint density at radius 3 is 2.83 bits per heavy atom. The molecule has 120 valence electrons. The smallest absolute Gasteiger partial charge is 0.255 e. The van der Waals surface area contributed by atoms with Gasteiger partial charge in [-0.25, -0.2) is 4.39 Å². The molecular formula is C17H16ClFN2O2. The summed E-state index contributed by atoms with van der Waals surface area (Å²) in [6, 6.07) is 7.40. The van der Waals surface area contributed by atoms with E-state index in [1.54, 1.807) is 29.4 Å². The summed E-state index contributed by atoms with van der Waals surface area (Å²) < 4.78 is 19.0. The summed E-state index contributed by atoms with van der Waals surface area (Å²) in [6.45, 7) is 1.12. The molecule has 0 radical (unpaired) electrons. The van der Waals surface area contributed by atoms with Crippen LogP contribution in [0.15, 0.2) is 42.7 Å². The zero-order valence-electron chi connectivity index (χ0n) is 12.4. The number of piperidine rings is 1. The summed E-state index contributed by atoms with van der Waals surface area (Å²) in [4.78, 5) is 18.2. The van der Waals surface area contributed by atoms with Crippen molar-refractivity contribution in [2.45, 2.75) is 18.9 Å². The Balaban J connectivity index is 1.69. The van der Waals surface area contributed by atoms with Crippen molar-refractivity contribution < 1.29 is 13.9 Å². The number of likely N-dealkylation sites (tertiary alicyclic amines) is 1. The van der Waals surface area contributed by atoms with E-state index >= 15 is 0 Å². The molecule has 6 heteroatoms. The highest BCUT2D eigenvalue weighted by molar-refractivity contribution is 6.33. The Labute approximate surface area is 138 Å². The standard InChI is InChI=1S/C17H16ClFN2O2/c18-16-10-12(19)3-4-15(16)17(22)21-9-1-2-14(11-21)23-13-5-7-20-8-6-13/h3-8,10,14H,1-2,9,11H2. The number of hydrogen-bond acceptors (Lipinski definition) is 3. The molecule has 1 aromatic carbocycles. The fourth-order valence-corrected chi connectivity index (χ4v) is 2.91. The number of carbonyl (C=O) groups excluding carboxylic acids is 1. The summed E-state index contributed by atoms with van der Waals surface area (Å²) in [6.07, 6.45) is 4.98. The van der Waals surface area contributed by atoms with Gasteiger partial charge in [-0.2, -0.15) is 0 Å². The summed E-state index contributed by atoms with van der Waals surface area (Å²) in [5, 5.41) is 0.132. The zero-order chi connectivity index (χ0) is 16.2. The van der Waals surface area contributed by atoms with Gasteiger partial charge in [0.05, 0.1) is 17.1 Å². The molecule has 1 aromatic heterocycles. The van der Waals surface area contributed by atoms with E-state index < -0.39 is 5.82 Å². The number of pyridine rings is 1. The molecule has 1 unspecified atom stereocenters. The second-order valence-corrected chi connectivity index (χ2v) is 5.85. The minimum absolute atomic E-state index is 0.0747. The topological polar surface area (TPSA) is 42.4 Å². The molecule has 1 fully saturated rings. The van der Waals surface area contributed by atoms with Gasteiger partial charge in [-0.3, -0.25) is 9.78 Å². The quantitative estimate of drug-likeness (QED) is 0.862. The normalized spacial score (nSPS) is 17.8. The Bertz CT molecular complexity index is 696. The molecule has 1 aliphatic rings. The van der Waals surface area contributed by atoms with Crippen LogP contribution in [0.3, 0.4) is 0 Å². The van der Waals surface area contributed by atoms with Crippen LogP contribution in [0.25, 0.3) is 0 Å². The molecule has 23 heavy (non-hydrogen) atoms. The summed E-state index contributed by atoms with van der Waals surface area (Å²) in [7, 11) is 0. The number of rotatable bonds is 3. The van der Waals surface area contributed by atoms with Crippen molar-refractivity contribution in [3.05, 3.63) is 59.1 Å². The van der Waals surface area contributed by atoms with Crippen molar-refractivity contribution in [2.24, 2.45) is 0 Å². The monoisotopic (exact) mass is 334 g/mol. The molecule has 0 N–H and O–H groups in total. The lowest BCUT2D eigenvalue weighted by Gasteiger charge is -2.33. The van der Waals surface area contributed by atoms with Crippen LogP contribution in [-0.4, -0.2) is 35.0 Å². The van der Waals surface area contributed by atoms with Gasteiger partial charge in [0.1, 0.15) is 17.7 Å². The van der Waals surface area contributed by atoms with E-state index in [0.29, 0.717) is 18.7 Å². The van der Waals surface area contributed by atoms with Gasteiger partial charge in [-0.1, -0.05) is 11.6 Å². The number of ether oxygens (including phenoxy) is 1. The fourth-order valence-electron chi connectivity index (χ4n) is 2.66. The summed E-state index contributed by atoms with van der Waals surface area (Å²) in [5.41, 5.74) is 0.317. The van der Waals surface area contributed by atoms with E-state index in [9.17, 15) is 9.18 Å². The van der Waals surface area contributed by atoms with Crippen LogP contribution >= 0.6 is 11.6 Å². The lowest BCUT2D eigenvalue weighted by molar-refractivity contribution is 0.0538. The molecule has 4 nitrogen and oxygen atoms in total. The first kappa shape index (κ1) is 15.7. The third-order valence-electron chi connectivity index (χ3n) is 3.78. The average Bonchev–Trinajstić information content (AvgIpc) is 2.55. The Hall–Kier alpha value is -2.14. The second-order valence-electron chi connectivity index (χ2n) is 5.44. The van der Waals surface area contributed by atoms with Crippen LogP contribution < -0.4 is 4.74 Å². The van der Waals surface area contributed by atoms with Crippen LogP contribution in [0.2, 0.25) is 5.02 Å². The number of amides is 1. The van der Waals surface area contributed by atoms with Crippen molar-refractivity contribution in [1.82, 2.24) is 9.88 Å². The maximum absolute atomic E-state index is 13.1. The predicted molar refractivity (Wildman–Crippen MR) is 85.2 cm³/mol. The van der Waals surface area contributed by atoms with Gasteiger partial charge in [-0.05, 0) is 43.2 Å². The van der Waals surface area contributed by atoms with Crippen molar-refractivity contribution >= 4 is 17.5 Å². The molecule has 1 amide bonds. The van der Waals surface area contributed by atoms with Crippen LogP contribution in [0.5, 0.6) is 5.75 Å². The SMILES string of the molecule is O=C(c1ccc(F)cc1Cl)N1CCCC(Oc2ccncc2)C1. The minimum atomic E-state index is -0.455. The molecule has 2 heterocycles. The van der Waals surface area contributed by atoms with E-state index in [1.807, 2.05) is 0 Å². The van der Waals surface area contributed by atoms with Crippen LogP contribution in [0.1, 0.15) is 23.2 Å². The Morgan fingerprint density at radius 2 is 2.09 bits per heavy atom. The molecule has 0 spiro atoms. The molecule has 2 aromatic rings. The highest BCUT2D eigenvalue weighted by atomic mass is 35.5. The van der Waals surface area contributed by atoms with Gasteiger partial charge in [0.25, 0.3) is 5.91 Å². The molecule has 1 saturated heterocycles. The van der Waals surface area contributed by atoms with Crippen molar-refractivity contribution in [1.29, 1.82) is 0 Å². The number of nitrogens with zero attached hydrogens (tertiary/aromatic N) is 2. The number of halogens is 2. The molecule has 1 atom stereocenters. The molecule has 0 aliphatic carbocycles. The van der Waals surface area contributed by atoms with Gasteiger partial charge >= 0.3 is 0 Å². The lowest BCUT2D eigenvalue weighted by Crippen LogP contribution is -2.44. The fraction of sp³-hybridized carbons (Fsp3) is 0.294. The lowest BCUT2D eigenvalue weighted by atomic mass is 10.1. The van der Waals surface area contributed by atoms with Gasteiger partial charge in [0, 0.05) is 18.9 Å². The Kier molecular flexibility index (Phi) is 4.76. The zero-order valence-corrected chi connectivity index (χ0v) is 13.2. The molecule has 1 aliphatic heterocycles. The minimum Gasteiger partial charge on any atom is -0.488 e.